The fraction of sp³-hybridized carbons (Fsp3) is 0.133. The molecule has 2 heterocycles. The van der Waals surface area contributed by atoms with Gasteiger partial charge < -0.3 is 5.32 Å². The summed E-state index contributed by atoms with van der Waals surface area (Å²) in [6, 6.07) is 8.90. The second kappa shape index (κ2) is 5.84. The molecule has 2 N–H and O–H groups in total. The number of alkyl halides is 3. The summed E-state index contributed by atoms with van der Waals surface area (Å²) in [5.41, 5.74) is 1.80. The Kier molecular flexibility index (Phi) is 3.89. The highest BCUT2D eigenvalue weighted by atomic mass is 32.1. The molecule has 114 valence electrons. The number of benzene rings is 1. The Morgan fingerprint density at radius 2 is 1.91 bits per heavy atom. The van der Waals surface area contributed by atoms with Crippen LogP contribution in [-0.2, 0) is 12.7 Å². The van der Waals surface area contributed by atoms with E-state index in [-0.39, 0.29) is 0 Å². The minimum absolute atomic E-state index is 0.481. The molecule has 0 aliphatic carbocycles. The highest BCUT2D eigenvalue weighted by Gasteiger charge is 2.29. The lowest BCUT2D eigenvalue weighted by molar-refractivity contribution is -0.137. The SMILES string of the molecule is FC(F)(F)c1ccc(NCc2c[nH]nc2-c2cccs2)cc1. The highest BCUT2D eigenvalue weighted by molar-refractivity contribution is 7.13. The fourth-order valence-electron chi connectivity index (χ4n) is 2.05. The predicted octanol–water partition coefficient (Wildman–Crippen LogP) is 4.77. The van der Waals surface area contributed by atoms with Gasteiger partial charge in [0.1, 0.15) is 5.69 Å². The van der Waals surface area contributed by atoms with Gasteiger partial charge in [-0.2, -0.15) is 18.3 Å². The van der Waals surface area contributed by atoms with Crippen LogP contribution in [0, 0.1) is 0 Å². The van der Waals surface area contributed by atoms with Crippen LogP contribution in [0.4, 0.5) is 18.9 Å². The van der Waals surface area contributed by atoms with E-state index < -0.39 is 11.7 Å². The average Bonchev–Trinajstić information content (AvgIpc) is 3.15. The lowest BCUT2D eigenvalue weighted by Crippen LogP contribution is -2.05. The van der Waals surface area contributed by atoms with Crippen molar-refractivity contribution in [2.45, 2.75) is 12.7 Å². The van der Waals surface area contributed by atoms with Crippen LogP contribution in [0.25, 0.3) is 10.6 Å². The summed E-state index contributed by atoms with van der Waals surface area (Å²) in [6.45, 7) is 0.481. The molecule has 0 amide bonds. The van der Waals surface area contributed by atoms with Crippen LogP contribution < -0.4 is 5.32 Å². The van der Waals surface area contributed by atoms with E-state index in [0.29, 0.717) is 12.2 Å². The van der Waals surface area contributed by atoms with Crippen molar-refractivity contribution < 1.29 is 13.2 Å². The smallest absolute Gasteiger partial charge is 0.381 e. The summed E-state index contributed by atoms with van der Waals surface area (Å²) in [6.07, 6.45) is -2.53. The van der Waals surface area contributed by atoms with Crippen LogP contribution in [0.15, 0.2) is 48.0 Å². The lowest BCUT2D eigenvalue weighted by Gasteiger charge is -2.09. The Labute approximate surface area is 128 Å². The van der Waals surface area contributed by atoms with E-state index in [1.807, 2.05) is 17.5 Å². The summed E-state index contributed by atoms with van der Waals surface area (Å²) in [5.74, 6) is 0. The summed E-state index contributed by atoms with van der Waals surface area (Å²) in [7, 11) is 0. The molecule has 3 aromatic rings. The largest absolute Gasteiger partial charge is 0.416 e. The Balaban J connectivity index is 1.70. The van der Waals surface area contributed by atoms with E-state index in [0.717, 1.165) is 28.3 Å². The number of halogens is 3. The molecule has 0 saturated heterocycles. The van der Waals surface area contributed by atoms with Crippen molar-refractivity contribution in [2.75, 3.05) is 5.32 Å². The Bertz CT molecular complexity index is 730. The zero-order valence-corrected chi connectivity index (χ0v) is 12.1. The van der Waals surface area contributed by atoms with Gasteiger partial charge in [0.15, 0.2) is 0 Å². The molecule has 0 unspecified atom stereocenters. The zero-order chi connectivity index (χ0) is 15.6. The van der Waals surface area contributed by atoms with Crippen molar-refractivity contribution in [3.05, 3.63) is 59.1 Å². The molecule has 0 atom stereocenters. The number of nitrogens with zero attached hydrogens (tertiary/aromatic N) is 1. The van der Waals surface area contributed by atoms with Crippen molar-refractivity contribution in [3.63, 3.8) is 0 Å². The van der Waals surface area contributed by atoms with Crippen LogP contribution in [-0.4, -0.2) is 10.2 Å². The van der Waals surface area contributed by atoms with Crippen LogP contribution in [0.2, 0.25) is 0 Å². The quantitative estimate of drug-likeness (QED) is 0.726. The molecule has 0 radical (unpaired) electrons. The first-order valence-corrected chi connectivity index (χ1v) is 7.39. The van der Waals surface area contributed by atoms with Gasteiger partial charge in [-0.3, -0.25) is 5.10 Å². The first kappa shape index (κ1) is 14.6. The Hall–Kier alpha value is -2.28. The van der Waals surface area contributed by atoms with E-state index in [2.05, 4.69) is 15.5 Å². The van der Waals surface area contributed by atoms with Gasteiger partial charge in [-0.1, -0.05) is 6.07 Å². The van der Waals surface area contributed by atoms with E-state index in [9.17, 15) is 13.2 Å². The van der Waals surface area contributed by atoms with E-state index in [4.69, 9.17) is 0 Å². The monoisotopic (exact) mass is 323 g/mol. The molecule has 1 aromatic carbocycles. The minimum atomic E-state index is -4.31. The predicted molar refractivity (Wildman–Crippen MR) is 80.7 cm³/mol. The average molecular weight is 323 g/mol. The molecular weight excluding hydrogens is 311 g/mol. The maximum Gasteiger partial charge on any atom is 0.416 e. The molecule has 0 bridgehead atoms. The van der Waals surface area contributed by atoms with Gasteiger partial charge in [0.25, 0.3) is 0 Å². The Morgan fingerprint density at radius 3 is 2.55 bits per heavy atom. The summed E-state index contributed by atoms with van der Waals surface area (Å²) < 4.78 is 37.5. The van der Waals surface area contributed by atoms with Crippen LogP contribution in [0.3, 0.4) is 0 Å². The van der Waals surface area contributed by atoms with Crippen molar-refractivity contribution in [1.82, 2.24) is 10.2 Å². The number of H-pyrrole nitrogens is 1. The van der Waals surface area contributed by atoms with Crippen molar-refractivity contribution in [2.24, 2.45) is 0 Å². The molecule has 0 spiro atoms. The van der Waals surface area contributed by atoms with Crippen molar-refractivity contribution in [3.8, 4) is 10.6 Å². The third-order valence-corrected chi connectivity index (χ3v) is 4.05. The van der Waals surface area contributed by atoms with Gasteiger partial charge in [0.2, 0.25) is 0 Å². The topological polar surface area (TPSA) is 40.7 Å². The van der Waals surface area contributed by atoms with Crippen molar-refractivity contribution in [1.29, 1.82) is 0 Å². The molecular formula is C15H12F3N3S. The number of hydrogen-bond donors (Lipinski definition) is 2. The molecule has 0 aliphatic rings. The van der Waals surface area contributed by atoms with Gasteiger partial charge in [-0.05, 0) is 35.7 Å². The normalized spacial score (nSPS) is 11.6. The summed E-state index contributed by atoms with van der Waals surface area (Å²) >= 11 is 1.59. The number of nitrogens with one attached hydrogen (secondary N) is 2. The number of rotatable bonds is 4. The van der Waals surface area contributed by atoms with Crippen LogP contribution >= 0.6 is 11.3 Å². The number of aromatic amines is 1. The van der Waals surface area contributed by atoms with Crippen LogP contribution in [0.5, 0.6) is 0 Å². The van der Waals surface area contributed by atoms with Gasteiger partial charge in [0.05, 0.1) is 10.4 Å². The number of thiophene rings is 1. The molecule has 22 heavy (non-hydrogen) atoms. The first-order chi connectivity index (χ1) is 10.5. The van der Waals surface area contributed by atoms with Gasteiger partial charge >= 0.3 is 6.18 Å². The third-order valence-electron chi connectivity index (χ3n) is 3.17. The standard InChI is InChI=1S/C15H12F3N3S/c16-15(17,18)11-3-5-12(6-4-11)19-8-10-9-20-21-14(10)13-2-1-7-22-13/h1-7,9,19H,8H2,(H,20,21). The minimum Gasteiger partial charge on any atom is -0.381 e. The van der Waals surface area contributed by atoms with Crippen molar-refractivity contribution >= 4 is 17.0 Å². The first-order valence-electron chi connectivity index (χ1n) is 6.52. The number of hydrogen-bond acceptors (Lipinski definition) is 3. The van der Waals surface area contributed by atoms with Crippen LogP contribution in [0.1, 0.15) is 11.1 Å². The van der Waals surface area contributed by atoms with E-state index in [1.54, 1.807) is 17.5 Å². The molecule has 0 fully saturated rings. The summed E-state index contributed by atoms with van der Waals surface area (Å²) in [4.78, 5) is 1.05. The molecule has 0 saturated carbocycles. The highest BCUT2D eigenvalue weighted by Crippen LogP contribution is 2.30. The second-order valence-corrected chi connectivity index (χ2v) is 5.61. The van der Waals surface area contributed by atoms with E-state index in [1.165, 1.54) is 12.1 Å². The lowest BCUT2D eigenvalue weighted by atomic mass is 10.2. The molecule has 7 heteroatoms. The number of anilines is 1. The maximum atomic E-state index is 12.5. The molecule has 2 aromatic heterocycles. The number of aromatic nitrogens is 2. The second-order valence-electron chi connectivity index (χ2n) is 4.67. The van der Waals surface area contributed by atoms with Gasteiger partial charge in [-0.15, -0.1) is 11.3 Å². The molecule has 0 aliphatic heterocycles. The fourth-order valence-corrected chi connectivity index (χ4v) is 2.80. The maximum absolute atomic E-state index is 12.5. The molecule has 3 rings (SSSR count). The molecule has 3 nitrogen and oxygen atoms in total. The third kappa shape index (κ3) is 3.14. The van der Waals surface area contributed by atoms with Gasteiger partial charge in [-0.25, -0.2) is 0 Å². The Morgan fingerprint density at radius 1 is 1.14 bits per heavy atom. The zero-order valence-electron chi connectivity index (χ0n) is 11.3. The summed E-state index contributed by atoms with van der Waals surface area (Å²) in [5, 5.41) is 12.1. The van der Waals surface area contributed by atoms with Gasteiger partial charge in [0, 0.05) is 24.0 Å². The van der Waals surface area contributed by atoms with E-state index >= 15 is 0 Å².